The van der Waals surface area contributed by atoms with Crippen LogP contribution >= 0.6 is 11.3 Å². The van der Waals surface area contributed by atoms with E-state index in [1.165, 1.54) is 11.3 Å². The van der Waals surface area contributed by atoms with E-state index in [1.54, 1.807) is 64.2 Å². The highest BCUT2D eigenvalue weighted by Gasteiger charge is 2.30. The molecule has 1 aliphatic heterocycles. The van der Waals surface area contributed by atoms with Gasteiger partial charge in [-0.1, -0.05) is 18.3 Å². The number of ether oxygens (including phenoxy) is 3. The van der Waals surface area contributed by atoms with Crippen LogP contribution in [0.1, 0.15) is 44.5 Å². The lowest BCUT2D eigenvalue weighted by Gasteiger charge is -2.36. The summed E-state index contributed by atoms with van der Waals surface area (Å²) in [5.41, 5.74) is 1.28. The molecule has 0 bridgehead atoms. The molecule has 2 N–H and O–H groups in total. The molecule has 1 aliphatic rings. The Bertz CT molecular complexity index is 1410. The van der Waals surface area contributed by atoms with E-state index in [4.69, 9.17) is 19.2 Å². The average Bonchev–Trinajstić information content (AvgIpc) is 3.38. The Morgan fingerprint density at radius 1 is 1.00 bits per heavy atom. The number of nitrogens with zero attached hydrogens (tertiary/aromatic N) is 3. The van der Waals surface area contributed by atoms with Crippen molar-refractivity contribution in [1.82, 2.24) is 15.2 Å². The first-order chi connectivity index (χ1) is 19.5. The number of aromatic nitrogens is 1. The number of hydrogen-bond acceptors (Lipinski definition) is 9. The van der Waals surface area contributed by atoms with Crippen LogP contribution in [0, 0.1) is 0 Å². The maximum atomic E-state index is 13.1. The van der Waals surface area contributed by atoms with Crippen molar-refractivity contribution in [3.05, 3.63) is 42.0 Å². The highest BCUT2D eigenvalue weighted by Crippen LogP contribution is 2.32. The Kier molecular flexibility index (Phi) is 9.21. The topological polar surface area (TPSA) is 122 Å². The number of rotatable bonds is 8. The molecule has 1 saturated heterocycles. The highest BCUT2D eigenvalue weighted by molar-refractivity contribution is 7.22. The van der Waals surface area contributed by atoms with Crippen molar-refractivity contribution in [3.8, 4) is 11.5 Å². The SMILES string of the molecule is CCC(NC(=O)OC(C)(C)C)C(=O)N1CCN(c2nc3ccc(C(=O)Nc4ccc(OC)c(OC)c4)cc3s2)CC1. The Morgan fingerprint density at radius 2 is 1.71 bits per heavy atom. The van der Waals surface area contributed by atoms with Crippen molar-refractivity contribution in [2.45, 2.75) is 45.8 Å². The number of hydrogen-bond donors (Lipinski definition) is 2. The van der Waals surface area contributed by atoms with Crippen LogP contribution in [-0.2, 0) is 9.53 Å². The van der Waals surface area contributed by atoms with Gasteiger partial charge in [-0.25, -0.2) is 9.78 Å². The molecular formula is C29H37N5O6S. The number of benzene rings is 2. The number of amides is 3. The predicted octanol–water partition coefficient (Wildman–Crippen LogP) is 4.52. The first-order valence-electron chi connectivity index (χ1n) is 13.5. The lowest BCUT2D eigenvalue weighted by atomic mass is 10.1. The van der Waals surface area contributed by atoms with Crippen LogP contribution in [0.3, 0.4) is 0 Å². The van der Waals surface area contributed by atoms with Gasteiger partial charge in [0.25, 0.3) is 5.91 Å². The van der Waals surface area contributed by atoms with E-state index in [0.717, 1.165) is 15.3 Å². The highest BCUT2D eigenvalue weighted by atomic mass is 32.1. The normalized spacial score (nSPS) is 14.4. The first-order valence-corrected chi connectivity index (χ1v) is 14.3. The van der Waals surface area contributed by atoms with E-state index in [2.05, 4.69) is 15.5 Å². The Morgan fingerprint density at radius 3 is 2.34 bits per heavy atom. The van der Waals surface area contributed by atoms with Gasteiger partial charge in [0.05, 0.1) is 24.4 Å². The second-order valence-corrected chi connectivity index (χ2v) is 11.6. The maximum absolute atomic E-state index is 13.1. The van der Waals surface area contributed by atoms with E-state index in [0.29, 0.717) is 55.3 Å². The number of carbonyl (C=O) groups excluding carboxylic acids is 3. The number of methoxy groups -OCH3 is 2. The Hall–Kier alpha value is -4.06. The third-order valence-corrected chi connectivity index (χ3v) is 7.62. The van der Waals surface area contributed by atoms with Gasteiger partial charge >= 0.3 is 6.09 Å². The van der Waals surface area contributed by atoms with E-state index < -0.39 is 17.7 Å². The molecule has 0 spiro atoms. The van der Waals surface area contributed by atoms with Crippen molar-refractivity contribution in [1.29, 1.82) is 0 Å². The molecule has 3 aromatic rings. The largest absolute Gasteiger partial charge is 0.493 e. The molecule has 220 valence electrons. The summed E-state index contributed by atoms with van der Waals surface area (Å²) in [6, 6.07) is 9.99. The van der Waals surface area contributed by atoms with Crippen molar-refractivity contribution < 1.29 is 28.6 Å². The summed E-state index contributed by atoms with van der Waals surface area (Å²) in [7, 11) is 3.10. The summed E-state index contributed by atoms with van der Waals surface area (Å²) in [5.74, 6) is 0.746. The molecule has 1 unspecified atom stereocenters. The lowest BCUT2D eigenvalue weighted by molar-refractivity contribution is -0.133. The molecule has 2 aromatic carbocycles. The minimum atomic E-state index is -0.637. The molecular weight excluding hydrogens is 546 g/mol. The minimum absolute atomic E-state index is 0.118. The molecule has 12 heteroatoms. The summed E-state index contributed by atoms with van der Waals surface area (Å²) in [6.45, 7) is 9.47. The molecule has 0 radical (unpaired) electrons. The molecule has 3 amide bonds. The number of fused-ring (bicyclic) bond motifs is 1. The van der Waals surface area contributed by atoms with Gasteiger partial charge in [0, 0.05) is 43.5 Å². The standard InChI is InChI=1S/C29H37N5O6S/c1-7-20(32-28(37)40-29(2,3)4)26(36)33-12-14-34(15-13-33)27-31-21-10-8-18(16-24(21)41-27)25(35)30-19-9-11-22(38-5)23(17-19)39-6/h8-11,16-17,20H,7,12-15H2,1-6H3,(H,30,35)(H,32,37). The van der Waals surface area contributed by atoms with Gasteiger partial charge in [-0.3, -0.25) is 9.59 Å². The Balaban J connectivity index is 1.37. The van der Waals surface area contributed by atoms with Crippen LogP contribution in [-0.4, -0.2) is 79.8 Å². The number of carbonyl (C=O) groups is 3. The van der Waals surface area contributed by atoms with Crippen molar-refractivity contribution in [3.63, 3.8) is 0 Å². The number of piperazine rings is 1. The molecule has 1 aromatic heterocycles. The van der Waals surface area contributed by atoms with E-state index in [1.807, 2.05) is 19.1 Å². The van der Waals surface area contributed by atoms with Crippen molar-refractivity contribution in [2.24, 2.45) is 0 Å². The van der Waals surface area contributed by atoms with Crippen LogP contribution in [0.25, 0.3) is 10.2 Å². The van der Waals surface area contributed by atoms with Crippen LogP contribution in [0.15, 0.2) is 36.4 Å². The zero-order valence-electron chi connectivity index (χ0n) is 24.3. The molecule has 1 fully saturated rings. The van der Waals surface area contributed by atoms with Gasteiger partial charge in [-0.15, -0.1) is 0 Å². The molecule has 2 heterocycles. The fourth-order valence-electron chi connectivity index (χ4n) is 4.43. The third kappa shape index (κ3) is 7.37. The van der Waals surface area contributed by atoms with Gasteiger partial charge in [-0.2, -0.15) is 0 Å². The minimum Gasteiger partial charge on any atom is -0.493 e. The number of thiazole rings is 1. The number of nitrogens with one attached hydrogen (secondary N) is 2. The van der Waals surface area contributed by atoms with Crippen molar-refractivity contribution in [2.75, 3.05) is 50.6 Å². The fourth-order valence-corrected chi connectivity index (χ4v) is 5.49. The summed E-state index contributed by atoms with van der Waals surface area (Å²) in [4.78, 5) is 46.9. The van der Waals surface area contributed by atoms with Crippen LogP contribution in [0.5, 0.6) is 11.5 Å². The molecule has 0 saturated carbocycles. The van der Waals surface area contributed by atoms with Gasteiger partial charge < -0.3 is 34.6 Å². The van der Waals surface area contributed by atoms with E-state index in [-0.39, 0.29) is 11.8 Å². The predicted molar refractivity (Wildman–Crippen MR) is 159 cm³/mol. The van der Waals surface area contributed by atoms with Gasteiger partial charge in [0.15, 0.2) is 16.6 Å². The summed E-state index contributed by atoms with van der Waals surface area (Å²) < 4.78 is 16.8. The quantitative estimate of drug-likeness (QED) is 0.397. The average molecular weight is 584 g/mol. The van der Waals surface area contributed by atoms with Gasteiger partial charge in [0.1, 0.15) is 11.6 Å². The lowest BCUT2D eigenvalue weighted by Crippen LogP contribution is -2.55. The fraction of sp³-hybridized carbons (Fsp3) is 0.448. The summed E-state index contributed by atoms with van der Waals surface area (Å²) in [6.07, 6.45) is -0.125. The summed E-state index contributed by atoms with van der Waals surface area (Å²) in [5, 5.41) is 6.44. The monoisotopic (exact) mass is 583 g/mol. The van der Waals surface area contributed by atoms with E-state index >= 15 is 0 Å². The second-order valence-electron chi connectivity index (χ2n) is 10.6. The third-order valence-electron chi connectivity index (χ3n) is 6.54. The number of alkyl carbamates (subject to hydrolysis) is 1. The first kappa shape index (κ1) is 29.9. The van der Waals surface area contributed by atoms with E-state index in [9.17, 15) is 14.4 Å². The maximum Gasteiger partial charge on any atom is 0.408 e. The zero-order valence-corrected chi connectivity index (χ0v) is 25.1. The molecule has 41 heavy (non-hydrogen) atoms. The van der Waals surface area contributed by atoms with Crippen molar-refractivity contribution >= 4 is 50.3 Å². The molecule has 4 rings (SSSR count). The number of anilines is 2. The smallest absolute Gasteiger partial charge is 0.408 e. The van der Waals surface area contributed by atoms with Crippen LogP contribution in [0.4, 0.5) is 15.6 Å². The molecule has 0 aliphatic carbocycles. The van der Waals surface area contributed by atoms with Crippen LogP contribution in [0.2, 0.25) is 0 Å². The van der Waals surface area contributed by atoms with Crippen LogP contribution < -0.4 is 25.0 Å². The molecule has 1 atom stereocenters. The van der Waals surface area contributed by atoms with Gasteiger partial charge in [-0.05, 0) is 57.5 Å². The summed E-state index contributed by atoms with van der Waals surface area (Å²) >= 11 is 1.51. The second kappa shape index (κ2) is 12.6. The Labute approximate surface area is 243 Å². The zero-order chi connectivity index (χ0) is 29.7. The van der Waals surface area contributed by atoms with Gasteiger partial charge in [0.2, 0.25) is 5.91 Å². The molecule has 11 nitrogen and oxygen atoms in total.